The molecule has 6 nitrogen and oxygen atoms in total. The van der Waals surface area contributed by atoms with Gasteiger partial charge < -0.3 is 10.1 Å². The second kappa shape index (κ2) is 9.09. The van der Waals surface area contributed by atoms with Crippen molar-refractivity contribution in [1.82, 2.24) is 15.1 Å². The van der Waals surface area contributed by atoms with Crippen molar-refractivity contribution in [2.45, 2.75) is 19.6 Å². The van der Waals surface area contributed by atoms with Gasteiger partial charge in [-0.2, -0.15) is 5.10 Å². The molecule has 1 aromatic heterocycles. The van der Waals surface area contributed by atoms with Crippen LogP contribution in [0.15, 0.2) is 65.5 Å². The van der Waals surface area contributed by atoms with Crippen molar-refractivity contribution in [3.63, 3.8) is 0 Å². The van der Waals surface area contributed by atoms with Gasteiger partial charge in [0.1, 0.15) is 5.82 Å². The monoisotopic (exact) mass is 399 g/mol. The van der Waals surface area contributed by atoms with Crippen molar-refractivity contribution in [2.24, 2.45) is 0 Å². The van der Waals surface area contributed by atoms with Gasteiger partial charge in [-0.05, 0) is 49.4 Å². The molecule has 2 aromatic carbocycles. The number of halogens is 2. The average molecular weight is 399 g/mol. The molecule has 1 atom stereocenters. The van der Waals surface area contributed by atoms with E-state index >= 15 is 0 Å². The van der Waals surface area contributed by atoms with Crippen LogP contribution in [-0.4, -0.2) is 28.3 Å². The Kier molecular flexibility index (Phi) is 6.33. The van der Waals surface area contributed by atoms with Gasteiger partial charge in [-0.15, -0.1) is 0 Å². The van der Waals surface area contributed by atoms with E-state index in [0.717, 1.165) is 0 Å². The molecule has 0 saturated carbocycles. The lowest BCUT2D eigenvalue weighted by Gasteiger charge is -2.15. The first-order chi connectivity index (χ1) is 13.9. The Balaban J connectivity index is 1.59. The van der Waals surface area contributed by atoms with Gasteiger partial charge in [0.15, 0.2) is 17.7 Å². The van der Waals surface area contributed by atoms with E-state index in [-0.39, 0.29) is 30.2 Å². The van der Waals surface area contributed by atoms with Crippen molar-refractivity contribution in [3.05, 3.63) is 82.7 Å². The fraction of sp³-hybridized carbons (Fsp3) is 0.190. The van der Waals surface area contributed by atoms with Crippen LogP contribution in [0.3, 0.4) is 0 Å². The highest BCUT2D eigenvalue weighted by Crippen LogP contribution is 2.17. The second-order valence-corrected chi connectivity index (χ2v) is 6.27. The topological polar surface area (TPSA) is 73.2 Å². The highest BCUT2D eigenvalue weighted by atomic mass is 19.1. The van der Waals surface area contributed by atoms with Gasteiger partial charge in [0, 0.05) is 18.2 Å². The van der Waals surface area contributed by atoms with Crippen LogP contribution in [0.4, 0.5) is 8.78 Å². The number of carbonyl (C=O) groups is 1. The lowest BCUT2D eigenvalue weighted by atomic mass is 10.1. The van der Waals surface area contributed by atoms with E-state index in [2.05, 4.69) is 10.4 Å². The molecule has 0 fully saturated rings. The number of para-hydroxylation sites is 1. The number of amides is 1. The number of hydrogen-bond donors (Lipinski definition) is 1. The maximum atomic E-state index is 13.6. The fourth-order valence-corrected chi connectivity index (χ4v) is 2.60. The quantitative estimate of drug-likeness (QED) is 0.663. The molecule has 1 N–H and O–H groups in total. The third-order valence-corrected chi connectivity index (χ3v) is 4.14. The molecule has 0 aliphatic carbocycles. The molecule has 0 saturated heterocycles. The highest BCUT2D eigenvalue weighted by molar-refractivity contribution is 5.80. The predicted molar refractivity (Wildman–Crippen MR) is 103 cm³/mol. The number of hydrogen-bond acceptors (Lipinski definition) is 4. The van der Waals surface area contributed by atoms with Gasteiger partial charge in [0.2, 0.25) is 0 Å². The Morgan fingerprint density at radius 2 is 1.83 bits per heavy atom. The zero-order valence-corrected chi connectivity index (χ0v) is 15.6. The van der Waals surface area contributed by atoms with E-state index in [0.29, 0.717) is 11.3 Å². The van der Waals surface area contributed by atoms with Crippen LogP contribution in [0, 0.1) is 11.6 Å². The first kappa shape index (κ1) is 20.2. The van der Waals surface area contributed by atoms with E-state index in [1.54, 1.807) is 24.3 Å². The Hall–Kier alpha value is -3.55. The molecule has 1 unspecified atom stereocenters. The van der Waals surface area contributed by atoms with E-state index in [4.69, 9.17) is 4.74 Å². The zero-order chi connectivity index (χ0) is 20.8. The van der Waals surface area contributed by atoms with E-state index < -0.39 is 17.8 Å². The normalized spacial score (nSPS) is 11.7. The molecule has 0 aliphatic rings. The number of nitrogens with one attached hydrogen (secondary N) is 1. The average Bonchev–Trinajstić information content (AvgIpc) is 2.71. The zero-order valence-electron chi connectivity index (χ0n) is 15.6. The molecule has 1 amide bonds. The standard InChI is InChI=1S/C21H19F2N3O3/c1-14(29-19-5-3-2-4-17(19)23)21(28)24-12-13-26-20(27)11-10-18(25-26)15-6-8-16(22)9-7-15/h2-11,14H,12-13H2,1H3,(H,24,28). The summed E-state index contributed by atoms with van der Waals surface area (Å²) in [4.78, 5) is 24.2. The molecule has 8 heteroatoms. The molecule has 0 radical (unpaired) electrons. The summed E-state index contributed by atoms with van der Waals surface area (Å²) in [7, 11) is 0. The van der Waals surface area contributed by atoms with Crippen LogP contribution in [-0.2, 0) is 11.3 Å². The number of ether oxygens (including phenoxy) is 1. The summed E-state index contributed by atoms with van der Waals surface area (Å²) >= 11 is 0. The van der Waals surface area contributed by atoms with Crippen molar-refractivity contribution < 1.29 is 18.3 Å². The Labute approximate surface area is 165 Å². The van der Waals surface area contributed by atoms with E-state index in [1.165, 1.54) is 48.0 Å². The van der Waals surface area contributed by atoms with Crippen LogP contribution in [0.5, 0.6) is 5.75 Å². The minimum Gasteiger partial charge on any atom is -0.478 e. The van der Waals surface area contributed by atoms with Gasteiger partial charge in [-0.1, -0.05) is 12.1 Å². The molecular formula is C21H19F2N3O3. The van der Waals surface area contributed by atoms with E-state index in [9.17, 15) is 18.4 Å². The van der Waals surface area contributed by atoms with Crippen LogP contribution >= 0.6 is 0 Å². The highest BCUT2D eigenvalue weighted by Gasteiger charge is 2.16. The summed E-state index contributed by atoms with van der Waals surface area (Å²) in [6.45, 7) is 1.76. The van der Waals surface area contributed by atoms with Gasteiger partial charge in [-0.3, -0.25) is 9.59 Å². The van der Waals surface area contributed by atoms with Crippen LogP contribution in [0.1, 0.15) is 6.92 Å². The lowest BCUT2D eigenvalue weighted by Crippen LogP contribution is -2.39. The summed E-state index contributed by atoms with van der Waals surface area (Å²) < 4.78 is 33.2. The van der Waals surface area contributed by atoms with Crippen molar-refractivity contribution in [1.29, 1.82) is 0 Å². The largest absolute Gasteiger partial charge is 0.478 e. The third kappa shape index (κ3) is 5.25. The third-order valence-electron chi connectivity index (χ3n) is 4.14. The summed E-state index contributed by atoms with van der Waals surface area (Å²) in [6.07, 6.45) is -0.915. The molecule has 150 valence electrons. The number of benzene rings is 2. The van der Waals surface area contributed by atoms with Crippen molar-refractivity contribution in [2.75, 3.05) is 6.54 Å². The molecule has 0 aliphatic heterocycles. The molecule has 0 bridgehead atoms. The van der Waals surface area contributed by atoms with Gasteiger partial charge in [0.05, 0.1) is 12.2 Å². The number of rotatable bonds is 7. The molecule has 3 aromatic rings. The van der Waals surface area contributed by atoms with E-state index in [1.807, 2.05) is 0 Å². The summed E-state index contributed by atoms with van der Waals surface area (Å²) in [5.41, 5.74) is 0.837. The number of carbonyl (C=O) groups excluding carboxylic acids is 1. The fourth-order valence-electron chi connectivity index (χ4n) is 2.60. The molecule has 0 spiro atoms. The number of aromatic nitrogens is 2. The van der Waals surface area contributed by atoms with Crippen LogP contribution in [0.2, 0.25) is 0 Å². The first-order valence-electron chi connectivity index (χ1n) is 8.97. The first-order valence-corrected chi connectivity index (χ1v) is 8.97. The minimum absolute atomic E-state index is 0.0139. The molecular weight excluding hydrogens is 380 g/mol. The van der Waals surface area contributed by atoms with Gasteiger partial charge in [-0.25, -0.2) is 13.5 Å². The number of nitrogens with zero attached hydrogens (tertiary/aromatic N) is 2. The van der Waals surface area contributed by atoms with Crippen LogP contribution < -0.4 is 15.6 Å². The molecule has 3 rings (SSSR count). The lowest BCUT2D eigenvalue weighted by molar-refractivity contribution is -0.127. The minimum atomic E-state index is -0.915. The van der Waals surface area contributed by atoms with Crippen molar-refractivity contribution in [3.8, 4) is 17.0 Å². The smallest absolute Gasteiger partial charge is 0.266 e. The Bertz CT molecular complexity index is 1050. The second-order valence-electron chi connectivity index (χ2n) is 6.27. The molecule has 1 heterocycles. The Morgan fingerprint density at radius 1 is 1.10 bits per heavy atom. The maximum Gasteiger partial charge on any atom is 0.266 e. The summed E-state index contributed by atoms with van der Waals surface area (Å²) in [5.74, 6) is -1.38. The summed E-state index contributed by atoms with van der Waals surface area (Å²) in [5, 5.41) is 6.87. The van der Waals surface area contributed by atoms with Crippen LogP contribution in [0.25, 0.3) is 11.3 Å². The van der Waals surface area contributed by atoms with Gasteiger partial charge >= 0.3 is 0 Å². The maximum absolute atomic E-state index is 13.6. The SMILES string of the molecule is CC(Oc1ccccc1F)C(=O)NCCn1nc(-c2ccc(F)cc2)ccc1=O. The van der Waals surface area contributed by atoms with Crippen molar-refractivity contribution >= 4 is 5.91 Å². The van der Waals surface area contributed by atoms with Gasteiger partial charge in [0.25, 0.3) is 11.5 Å². The Morgan fingerprint density at radius 3 is 2.55 bits per heavy atom. The summed E-state index contributed by atoms with van der Waals surface area (Å²) in [6, 6.07) is 14.5. The molecule has 29 heavy (non-hydrogen) atoms. The predicted octanol–water partition coefficient (Wildman–Crippen LogP) is 2.77.